The molecule has 0 bridgehead atoms. The number of hydrogen-bond acceptors (Lipinski definition) is 8. The molecule has 0 aliphatic heterocycles. The second kappa shape index (κ2) is 10.7. The molecule has 0 saturated heterocycles. The monoisotopic (exact) mass is 577 g/mol. The lowest BCUT2D eigenvalue weighted by Gasteiger charge is -2.12. The van der Waals surface area contributed by atoms with Crippen molar-refractivity contribution in [1.82, 2.24) is 4.98 Å². The lowest BCUT2D eigenvalue weighted by Crippen LogP contribution is -2.16. The molecule has 188 valence electrons. The third-order valence-electron chi connectivity index (χ3n) is 4.88. The molecule has 0 radical (unpaired) electrons. The van der Waals surface area contributed by atoms with Crippen molar-refractivity contribution in [3.05, 3.63) is 92.9 Å². The van der Waals surface area contributed by atoms with Gasteiger partial charge in [0.2, 0.25) is 0 Å². The number of nitriles is 1. The zero-order chi connectivity index (χ0) is 26.7. The van der Waals surface area contributed by atoms with E-state index in [0.29, 0.717) is 5.52 Å². The van der Waals surface area contributed by atoms with E-state index < -0.39 is 39.1 Å². The minimum Gasteiger partial charge on any atom is -0.507 e. The van der Waals surface area contributed by atoms with Gasteiger partial charge in [-0.1, -0.05) is 35.3 Å². The second-order valence-electron chi connectivity index (χ2n) is 7.37. The van der Waals surface area contributed by atoms with Gasteiger partial charge in [-0.05, 0) is 48.5 Å². The van der Waals surface area contributed by atoms with Crippen LogP contribution in [0.4, 0.5) is 10.1 Å². The van der Waals surface area contributed by atoms with E-state index in [4.69, 9.17) is 27.9 Å². The number of ether oxygens (including phenoxy) is 1. The highest BCUT2D eigenvalue weighted by molar-refractivity contribution is 7.92. The molecule has 0 amide bonds. The average molecular weight is 578 g/mol. The van der Waals surface area contributed by atoms with Crippen LogP contribution in [0.25, 0.3) is 15.8 Å². The third-order valence-corrected chi connectivity index (χ3v) is 8.09. The maximum absolute atomic E-state index is 13.1. The third kappa shape index (κ3) is 5.84. The summed E-state index contributed by atoms with van der Waals surface area (Å²) in [5.74, 6) is -2.18. The number of thiazole rings is 1. The Morgan fingerprint density at radius 2 is 1.84 bits per heavy atom. The average Bonchev–Trinajstić information content (AvgIpc) is 3.28. The Morgan fingerprint density at radius 1 is 1.14 bits per heavy atom. The number of sulfonamides is 1. The van der Waals surface area contributed by atoms with Crippen LogP contribution in [0.5, 0.6) is 0 Å². The Morgan fingerprint density at radius 3 is 2.51 bits per heavy atom. The fourth-order valence-corrected chi connectivity index (χ4v) is 6.01. The molecule has 3 aromatic carbocycles. The van der Waals surface area contributed by atoms with Crippen LogP contribution in [0.2, 0.25) is 10.0 Å². The van der Waals surface area contributed by atoms with Crippen LogP contribution in [-0.4, -0.2) is 31.1 Å². The number of aromatic nitrogens is 1. The lowest BCUT2D eigenvalue weighted by atomic mass is 10.2. The molecule has 1 aromatic heterocycles. The topological polar surface area (TPSA) is 129 Å². The molecule has 0 aliphatic carbocycles. The van der Waals surface area contributed by atoms with Crippen LogP contribution < -0.4 is 4.72 Å². The Bertz CT molecular complexity index is 1660. The van der Waals surface area contributed by atoms with Crippen LogP contribution in [-0.2, 0) is 14.8 Å². The number of nitrogens with one attached hydrogen (secondary N) is 1. The predicted molar refractivity (Wildman–Crippen MR) is 139 cm³/mol. The molecular weight excluding hydrogens is 564 g/mol. The quantitative estimate of drug-likeness (QED) is 0.152. The summed E-state index contributed by atoms with van der Waals surface area (Å²) >= 11 is 13.3. The van der Waals surface area contributed by atoms with E-state index in [0.717, 1.165) is 29.0 Å². The van der Waals surface area contributed by atoms with Crippen molar-refractivity contribution in [3.63, 3.8) is 0 Å². The summed E-state index contributed by atoms with van der Waals surface area (Å²) in [6.07, 6.45) is 0. The summed E-state index contributed by atoms with van der Waals surface area (Å²) in [6.45, 7) is -0.702. The molecule has 13 heteroatoms. The number of aliphatic hydroxyl groups excluding tert-OH is 1. The molecule has 4 rings (SSSR count). The maximum Gasteiger partial charge on any atom is 0.340 e. The fourth-order valence-electron chi connectivity index (χ4n) is 3.12. The van der Waals surface area contributed by atoms with Gasteiger partial charge in [0.25, 0.3) is 10.0 Å². The summed E-state index contributed by atoms with van der Waals surface area (Å²) in [5.41, 5.74) is 0.168. The van der Waals surface area contributed by atoms with Crippen LogP contribution in [0.1, 0.15) is 15.4 Å². The van der Waals surface area contributed by atoms with Gasteiger partial charge in [0, 0.05) is 5.69 Å². The largest absolute Gasteiger partial charge is 0.507 e. The number of carbonyl (C=O) groups excluding carboxylic acids is 1. The van der Waals surface area contributed by atoms with Crippen LogP contribution in [0, 0.1) is 17.1 Å². The van der Waals surface area contributed by atoms with Gasteiger partial charge in [0.05, 0.1) is 25.8 Å². The number of hydrogen-bond donors (Lipinski definition) is 2. The molecule has 0 aliphatic rings. The molecule has 4 aromatic rings. The molecule has 0 fully saturated rings. The molecule has 0 saturated carbocycles. The summed E-state index contributed by atoms with van der Waals surface area (Å²) in [7, 11) is -4.31. The molecular formula is C24H14Cl2FN3O5S2. The molecule has 37 heavy (non-hydrogen) atoms. The first-order valence-electron chi connectivity index (χ1n) is 10.2. The van der Waals surface area contributed by atoms with Gasteiger partial charge in [0.1, 0.15) is 34.0 Å². The van der Waals surface area contributed by atoms with Crippen LogP contribution in [0.3, 0.4) is 0 Å². The van der Waals surface area contributed by atoms with Gasteiger partial charge >= 0.3 is 5.97 Å². The van der Waals surface area contributed by atoms with Gasteiger partial charge in [0.15, 0.2) is 5.76 Å². The van der Waals surface area contributed by atoms with E-state index in [-0.39, 0.29) is 31.9 Å². The molecule has 2 N–H and O–H groups in total. The van der Waals surface area contributed by atoms with Crippen molar-refractivity contribution < 1.29 is 27.4 Å². The first-order valence-corrected chi connectivity index (χ1v) is 13.3. The number of rotatable bonds is 7. The predicted octanol–water partition coefficient (Wildman–Crippen LogP) is 6.19. The van der Waals surface area contributed by atoms with Crippen molar-refractivity contribution in [3.8, 4) is 6.07 Å². The standard InChI is InChI=1S/C24H14Cl2FN3O5S2/c25-17-10-18(26)22(37(33,34)30-14-7-5-13(27)6-8-14)9-15(17)24(32)35-12-20(31)16(11-28)23-29-19-3-1-2-4-21(19)36-23/h1-10,30-31H,12H2/b20-16-. The molecule has 0 atom stereocenters. The van der Waals surface area contributed by atoms with Crippen molar-refractivity contribution >= 4 is 72.0 Å². The number of anilines is 1. The summed E-state index contributed by atoms with van der Waals surface area (Å²) < 4.78 is 46.9. The highest BCUT2D eigenvalue weighted by Crippen LogP contribution is 2.31. The van der Waals surface area contributed by atoms with E-state index >= 15 is 0 Å². The highest BCUT2D eigenvalue weighted by atomic mass is 35.5. The minimum atomic E-state index is -4.31. The van der Waals surface area contributed by atoms with Gasteiger partial charge in [-0.15, -0.1) is 11.3 Å². The van der Waals surface area contributed by atoms with Gasteiger partial charge in [-0.2, -0.15) is 5.26 Å². The fraction of sp³-hybridized carbons (Fsp3) is 0.0417. The minimum absolute atomic E-state index is 0.0606. The van der Waals surface area contributed by atoms with Gasteiger partial charge in [-0.25, -0.2) is 22.6 Å². The summed E-state index contributed by atoms with van der Waals surface area (Å²) in [5, 5.41) is 19.7. The smallest absolute Gasteiger partial charge is 0.340 e. The number of para-hydroxylation sites is 1. The maximum atomic E-state index is 13.1. The Balaban J connectivity index is 1.57. The first-order chi connectivity index (χ1) is 17.6. The first kappa shape index (κ1) is 26.4. The zero-order valence-corrected chi connectivity index (χ0v) is 21.6. The molecule has 8 nitrogen and oxygen atoms in total. The summed E-state index contributed by atoms with van der Waals surface area (Å²) in [4.78, 5) is 16.5. The number of halogens is 3. The SMILES string of the molecule is N#C/C(=C(/O)COC(=O)c1cc(S(=O)(=O)Nc2ccc(F)cc2)c(Cl)cc1Cl)c1nc2ccccc2s1. The zero-order valence-electron chi connectivity index (χ0n) is 18.4. The van der Waals surface area contributed by atoms with Gasteiger partial charge in [-0.3, -0.25) is 4.72 Å². The van der Waals surface area contributed by atoms with Crippen molar-refractivity contribution in [2.75, 3.05) is 11.3 Å². The normalized spacial score (nSPS) is 12.1. The van der Waals surface area contributed by atoms with Crippen molar-refractivity contribution in [1.29, 1.82) is 5.26 Å². The van der Waals surface area contributed by atoms with E-state index in [2.05, 4.69) is 9.71 Å². The van der Waals surface area contributed by atoms with Gasteiger partial charge < -0.3 is 9.84 Å². The number of aliphatic hydroxyl groups is 1. The van der Waals surface area contributed by atoms with E-state index in [9.17, 15) is 28.0 Å². The lowest BCUT2D eigenvalue weighted by molar-refractivity contribution is 0.0503. The van der Waals surface area contributed by atoms with Crippen molar-refractivity contribution in [2.24, 2.45) is 0 Å². The molecule has 0 unspecified atom stereocenters. The Hall–Kier alpha value is -3.69. The highest BCUT2D eigenvalue weighted by Gasteiger charge is 2.24. The van der Waals surface area contributed by atoms with Crippen LogP contribution >= 0.6 is 34.5 Å². The number of benzene rings is 3. The Labute approximate surface area is 224 Å². The molecule has 1 heterocycles. The number of fused-ring (bicyclic) bond motifs is 1. The number of nitrogens with zero attached hydrogens (tertiary/aromatic N) is 2. The van der Waals surface area contributed by atoms with E-state index in [1.165, 1.54) is 23.5 Å². The van der Waals surface area contributed by atoms with Crippen molar-refractivity contribution in [2.45, 2.75) is 4.90 Å². The molecule has 0 spiro atoms. The number of esters is 1. The number of allylic oxidation sites excluding steroid dienone is 1. The van der Waals surface area contributed by atoms with E-state index in [1.54, 1.807) is 18.2 Å². The van der Waals surface area contributed by atoms with E-state index in [1.807, 2.05) is 12.1 Å². The summed E-state index contributed by atoms with van der Waals surface area (Å²) in [6, 6.07) is 15.5. The number of carbonyl (C=O) groups is 1. The van der Waals surface area contributed by atoms with Crippen LogP contribution in [0.15, 0.2) is 71.3 Å². The Kier molecular flexibility index (Phi) is 7.65. The second-order valence-corrected chi connectivity index (χ2v) is 10.9.